The molecule has 2 fully saturated rings. The summed E-state index contributed by atoms with van der Waals surface area (Å²) in [7, 11) is 0. The SMILES string of the molecule is Cc1ccc(CNC2CC3CCC2C3)cc1Cl. The molecule has 0 saturated heterocycles. The first kappa shape index (κ1) is 11.6. The van der Waals surface area contributed by atoms with Crippen LogP contribution in [0.3, 0.4) is 0 Å². The molecule has 0 aliphatic heterocycles. The molecule has 3 unspecified atom stereocenters. The predicted molar refractivity (Wildman–Crippen MR) is 72.3 cm³/mol. The largest absolute Gasteiger partial charge is 0.310 e. The van der Waals surface area contributed by atoms with Gasteiger partial charge in [-0.2, -0.15) is 0 Å². The van der Waals surface area contributed by atoms with Gasteiger partial charge in [0.2, 0.25) is 0 Å². The van der Waals surface area contributed by atoms with Crippen LogP contribution in [0.5, 0.6) is 0 Å². The minimum atomic E-state index is 0.758. The van der Waals surface area contributed by atoms with E-state index >= 15 is 0 Å². The van der Waals surface area contributed by atoms with E-state index in [9.17, 15) is 0 Å². The predicted octanol–water partition coefficient (Wildman–Crippen LogP) is 3.93. The van der Waals surface area contributed by atoms with Crippen LogP contribution in [0.1, 0.15) is 36.8 Å². The second-order valence-electron chi connectivity index (χ2n) is 5.75. The van der Waals surface area contributed by atoms with Crippen molar-refractivity contribution in [1.29, 1.82) is 0 Å². The number of halogens is 1. The van der Waals surface area contributed by atoms with Crippen LogP contribution in [0.2, 0.25) is 5.02 Å². The fourth-order valence-electron chi connectivity index (χ4n) is 3.49. The van der Waals surface area contributed by atoms with Crippen molar-refractivity contribution in [3.63, 3.8) is 0 Å². The van der Waals surface area contributed by atoms with Gasteiger partial charge in [-0.3, -0.25) is 0 Å². The zero-order valence-corrected chi connectivity index (χ0v) is 11.1. The van der Waals surface area contributed by atoms with Crippen molar-refractivity contribution in [3.05, 3.63) is 34.3 Å². The summed E-state index contributed by atoms with van der Waals surface area (Å²) in [6.45, 7) is 3.02. The quantitative estimate of drug-likeness (QED) is 0.856. The molecule has 1 nitrogen and oxygen atoms in total. The van der Waals surface area contributed by atoms with Gasteiger partial charge in [-0.1, -0.05) is 30.2 Å². The molecular weight excluding hydrogens is 230 g/mol. The molecule has 2 bridgehead atoms. The lowest BCUT2D eigenvalue weighted by Gasteiger charge is -2.23. The average molecular weight is 250 g/mol. The first-order chi connectivity index (χ1) is 8.22. The molecule has 0 amide bonds. The van der Waals surface area contributed by atoms with Crippen LogP contribution in [0.4, 0.5) is 0 Å². The molecule has 0 aromatic heterocycles. The average Bonchev–Trinajstić information content (AvgIpc) is 2.92. The third-order valence-electron chi connectivity index (χ3n) is 4.54. The third-order valence-corrected chi connectivity index (χ3v) is 4.95. The maximum absolute atomic E-state index is 6.14. The highest BCUT2D eigenvalue weighted by molar-refractivity contribution is 6.31. The molecule has 3 rings (SSSR count). The molecule has 92 valence electrons. The first-order valence-corrected chi connectivity index (χ1v) is 7.08. The van der Waals surface area contributed by atoms with Gasteiger partial charge in [0.05, 0.1) is 0 Å². The summed E-state index contributed by atoms with van der Waals surface area (Å²) in [4.78, 5) is 0. The highest BCUT2D eigenvalue weighted by atomic mass is 35.5. The number of hydrogen-bond donors (Lipinski definition) is 1. The maximum Gasteiger partial charge on any atom is 0.0438 e. The Hall–Kier alpha value is -0.530. The summed E-state index contributed by atoms with van der Waals surface area (Å²) < 4.78 is 0. The van der Waals surface area contributed by atoms with Gasteiger partial charge in [-0.05, 0) is 55.2 Å². The Kier molecular flexibility index (Phi) is 3.14. The van der Waals surface area contributed by atoms with E-state index in [1.807, 2.05) is 0 Å². The van der Waals surface area contributed by atoms with Crippen molar-refractivity contribution in [3.8, 4) is 0 Å². The maximum atomic E-state index is 6.14. The van der Waals surface area contributed by atoms with Crippen LogP contribution < -0.4 is 5.32 Å². The highest BCUT2D eigenvalue weighted by Gasteiger charge is 2.38. The summed E-state index contributed by atoms with van der Waals surface area (Å²) in [5, 5.41) is 4.60. The Morgan fingerprint density at radius 2 is 2.18 bits per heavy atom. The number of benzene rings is 1. The molecule has 3 atom stereocenters. The molecular formula is C15H20ClN. The molecule has 0 heterocycles. The number of hydrogen-bond acceptors (Lipinski definition) is 1. The van der Waals surface area contributed by atoms with Crippen LogP contribution in [-0.4, -0.2) is 6.04 Å². The van der Waals surface area contributed by atoms with Gasteiger partial charge in [-0.15, -0.1) is 0 Å². The molecule has 2 aliphatic rings. The van der Waals surface area contributed by atoms with E-state index < -0.39 is 0 Å². The van der Waals surface area contributed by atoms with Gasteiger partial charge < -0.3 is 5.32 Å². The Morgan fingerprint density at radius 3 is 2.82 bits per heavy atom. The molecule has 2 aliphatic carbocycles. The Morgan fingerprint density at radius 1 is 1.29 bits per heavy atom. The van der Waals surface area contributed by atoms with E-state index in [4.69, 9.17) is 11.6 Å². The number of aryl methyl sites for hydroxylation is 1. The fourth-order valence-corrected chi connectivity index (χ4v) is 3.69. The lowest BCUT2D eigenvalue weighted by atomic mass is 9.95. The zero-order chi connectivity index (χ0) is 11.8. The minimum absolute atomic E-state index is 0.758. The fraction of sp³-hybridized carbons (Fsp3) is 0.600. The molecule has 17 heavy (non-hydrogen) atoms. The molecule has 1 aromatic carbocycles. The lowest BCUT2D eigenvalue weighted by molar-refractivity contribution is 0.351. The number of rotatable bonds is 3. The molecule has 1 aromatic rings. The topological polar surface area (TPSA) is 12.0 Å². The molecule has 0 spiro atoms. The third kappa shape index (κ3) is 2.36. The normalized spacial score (nSPS) is 31.1. The Labute approximate surface area is 109 Å². The van der Waals surface area contributed by atoms with Gasteiger partial charge in [0.25, 0.3) is 0 Å². The summed E-state index contributed by atoms with van der Waals surface area (Å²) in [6, 6.07) is 7.15. The van der Waals surface area contributed by atoms with E-state index in [2.05, 4.69) is 30.4 Å². The molecule has 0 radical (unpaired) electrons. The number of fused-ring (bicyclic) bond motifs is 2. The van der Waals surface area contributed by atoms with Gasteiger partial charge in [-0.25, -0.2) is 0 Å². The van der Waals surface area contributed by atoms with Gasteiger partial charge in [0.1, 0.15) is 0 Å². The minimum Gasteiger partial charge on any atom is -0.310 e. The van der Waals surface area contributed by atoms with E-state index in [1.165, 1.54) is 31.2 Å². The monoisotopic (exact) mass is 249 g/mol. The van der Waals surface area contributed by atoms with Gasteiger partial charge in [0, 0.05) is 17.6 Å². The molecule has 1 N–H and O–H groups in total. The van der Waals surface area contributed by atoms with Crippen molar-refractivity contribution in [2.75, 3.05) is 0 Å². The van der Waals surface area contributed by atoms with Gasteiger partial charge >= 0.3 is 0 Å². The highest BCUT2D eigenvalue weighted by Crippen LogP contribution is 2.44. The first-order valence-electron chi connectivity index (χ1n) is 6.71. The van der Waals surface area contributed by atoms with Crippen molar-refractivity contribution in [2.24, 2.45) is 11.8 Å². The zero-order valence-electron chi connectivity index (χ0n) is 10.4. The van der Waals surface area contributed by atoms with Crippen LogP contribution in [0.15, 0.2) is 18.2 Å². The van der Waals surface area contributed by atoms with Crippen LogP contribution in [0.25, 0.3) is 0 Å². The van der Waals surface area contributed by atoms with Crippen molar-refractivity contribution < 1.29 is 0 Å². The van der Waals surface area contributed by atoms with E-state index in [0.29, 0.717) is 0 Å². The summed E-state index contributed by atoms with van der Waals surface area (Å²) in [5.74, 6) is 1.96. The van der Waals surface area contributed by atoms with E-state index in [0.717, 1.165) is 35.0 Å². The van der Waals surface area contributed by atoms with Crippen molar-refractivity contribution in [2.45, 2.75) is 45.2 Å². The number of nitrogens with one attached hydrogen (secondary N) is 1. The standard InChI is InChI=1S/C15H20ClN/c1-10-2-3-12(7-14(10)16)9-17-15-8-11-4-5-13(15)6-11/h2-3,7,11,13,15,17H,4-6,8-9H2,1H3. The lowest BCUT2D eigenvalue weighted by Crippen LogP contribution is -2.33. The molecule has 2 saturated carbocycles. The second kappa shape index (κ2) is 4.62. The van der Waals surface area contributed by atoms with Gasteiger partial charge in [0.15, 0.2) is 0 Å². The summed E-state index contributed by atoms with van der Waals surface area (Å²) in [5.41, 5.74) is 2.47. The van der Waals surface area contributed by atoms with Crippen molar-refractivity contribution >= 4 is 11.6 Å². The Bertz CT molecular complexity index is 415. The summed E-state index contributed by atoms with van der Waals surface area (Å²) in [6.07, 6.45) is 5.77. The van der Waals surface area contributed by atoms with Crippen LogP contribution >= 0.6 is 11.6 Å². The van der Waals surface area contributed by atoms with Crippen molar-refractivity contribution in [1.82, 2.24) is 5.32 Å². The Balaban J connectivity index is 1.59. The second-order valence-corrected chi connectivity index (χ2v) is 6.15. The molecule has 2 heteroatoms. The summed E-state index contributed by atoms with van der Waals surface area (Å²) >= 11 is 6.14. The smallest absolute Gasteiger partial charge is 0.0438 e. The van der Waals surface area contributed by atoms with E-state index in [-0.39, 0.29) is 0 Å². The van der Waals surface area contributed by atoms with Crippen LogP contribution in [-0.2, 0) is 6.54 Å². The van der Waals surface area contributed by atoms with E-state index in [1.54, 1.807) is 0 Å². The van der Waals surface area contributed by atoms with Crippen LogP contribution in [0, 0.1) is 18.8 Å².